The summed E-state index contributed by atoms with van der Waals surface area (Å²) in [5.74, 6) is 1.22. The van der Waals surface area contributed by atoms with Gasteiger partial charge in [0, 0.05) is 40.7 Å². The lowest BCUT2D eigenvalue weighted by Gasteiger charge is -2.04. The molecule has 0 aliphatic carbocycles. The van der Waals surface area contributed by atoms with Crippen molar-refractivity contribution in [3.63, 3.8) is 0 Å². The maximum absolute atomic E-state index is 12.1. The number of nitro groups is 1. The second-order valence-corrected chi connectivity index (χ2v) is 6.54. The smallest absolute Gasteiger partial charge is 0.271 e. The van der Waals surface area contributed by atoms with Crippen molar-refractivity contribution >= 4 is 33.2 Å². The van der Waals surface area contributed by atoms with Gasteiger partial charge in [-0.15, -0.1) is 0 Å². The summed E-state index contributed by atoms with van der Waals surface area (Å²) in [6, 6.07) is 17.3. The lowest BCUT2D eigenvalue weighted by Crippen LogP contribution is -2.12. The largest absolute Gasteiger partial charge is 0.461 e. The number of carbonyl (C=O) groups is 1. The molecule has 0 bridgehead atoms. The standard InChI is InChI=1S/C19H15BrN2O4/c20-14-6-4-13(5-7-14)18-10-8-17(26-18)9-11-19(23)21-15-2-1-3-16(12-15)22(24)25/h1-8,10,12H,9,11H2,(H,21,23). The highest BCUT2D eigenvalue weighted by Crippen LogP contribution is 2.24. The summed E-state index contributed by atoms with van der Waals surface area (Å²) in [6.45, 7) is 0. The molecule has 0 unspecified atom stereocenters. The SMILES string of the molecule is O=C(CCc1ccc(-c2ccc(Br)cc2)o1)Nc1cccc([N+](=O)[O-])c1. The van der Waals surface area contributed by atoms with Crippen LogP contribution in [0.2, 0.25) is 0 Å². The predicted molar refractivity (Wildman–Crippen MR) is 102 cm³/mol. The quantitative estimate of drug-likeness (QED) is 0.444. The molecule has 0 fully saturated rings. The van der Waals surface area contributed by atoms with Crippen LogP contribution < -0.4 is 5.32 Å². The van der Waals surface area contributed by atoms with Crippen LogP contribution in [0.5, 0.6) is 0 Å². The number of carbonyl (C=O) groups excluding carboxylic acids is 1. The number of nitrogens with one attached hydrogen (secondary N) is 1. The minimum absolute atomic E-state index is 0.0621. The topological polar surface area (TPSA) is 85.4 Å². The zero-order chi connectivity index (χ0) is 18.5. The average Bonchev–Trinajstić information content (AvgIpc) is 3.10. The summed E-state index contributed by atoms with van der Waals surface area (Å²) in [7, 11) is 0. The van der Waals surface area contributed by atoms with Crippen LogP contribution in [-0.2, 0) is 11.2 Å². The van der Waals surface area contributed by atoms with E-state index >= 15 is 0 Å². The first-order valence-electron chi connectivity index (χ1n) is 7.90. The van der Waals surface area contributed by atoms with Gasteiger partial charge in [0.25, 0.3) is 5.69 Å². The van der Waals surface area contributed by atoms with E-state index in [-0.39, 0.29) is 18.0 Å². The highest BCUT2D eigenvalue weighted by atomic mass is 79.9. The van der Waals surface area contributed by atoms with Crippen molar-refractivity contribution in [2.45, 2.75) is 12.8 Å². The Bertz CT molecular complexity index is 935. The molecule has 6 nitrogen and oxygen atoms in total. The van der Waals surface area contributed by atoms with Crippen molar-refractivity contribution in [1.82, 2.24) is 0 Å². The summed E-state index contributed by atoms with van der Waals surface area (Å²) in [4.78, 5) is 22.3. The first-order valence-corrected chi connectivity index (χ1v) is 8.69. The molecule has 0 radical (unpaired) electrons. The Labute approximate surface area is 158 Å². The van der Waals surface area contributed by atoms with Crippen LogP contribution in [0.15, 0.2) is 69.6 Å². The van der Waals surface area contributed by atoms with Crippen molar-refractivity contribution in [3.05, 3.63) is 81.0 Å². The molecular weight excluding hydrogens is 400 g/mol. The number of hydrogen-bond donors (Lipinski definition) is 1. The van der Waals surface area contributed by atoms with Gasteiger partial charge in [-0.2, -0.15) is 0 Å². The number of rotatable bonds is 6. The summed E-state index contributed by atoms with van der Waals surface area (Å²) in [5.41, 5.74) is 1.30. The Kier molecular flexibility index (Phi) is 5.48. The minimum Gasteiger partial charge on any atom is -0.461 e. The van der Waals surface area contributed by atoms with Crippen LogP contribution in [0.4, 0.5) is 11.4 Å². The van der Waals surface area contributed by atoms with Gasteiger partial charge in [-0.25, -0.2) is 0 Å². The Morgan fingerprint density at radius 2 is 1.88 bits per heavy atom. The van der Waals surface area contributed by atoms with Crippen LogP contribution in [0.1, 0.15) is 12.2 Å². The number of benzene rings is 2. The molecule has 3 aromatic rings. The molecule has 0 aliphatic rings. The number of furan rings is 1. The number of anilines is 1. The first-order chi connectivity index (χ1) is 12.5. The second kappa shape index (κ2) is 7.97. The molecule has 0 saturated carbocycles. The maximum atomic E-state index is 12.1. The van der Waals surface area contributed by atoms with Crippen molar-refractivity contribution in [3.8, 4) is 11.3 Å². The van der Waals surface area contributed by atoms with Gasteiger partial charge in [0.05, 0.1) is 4.92 Å². The molecule has 0 aliphatic heterocycles. The highest BCUT2D eigenvalue weighted by molar-refractivity contribution is 9.10. The summed E-state index contributed by atoms with van der Waals surface area (Å²) in [6.07, 6.45) is 0.660. The number of halogens is 1. The second-order valence-electron chi connectivity index (χ2n) is 5.63. The van der Waals surface area contributed by atoms with Gasteiger partial charge in [-0.1, -0.05) is 34.1 Å². The van der Waals surface area contributed by atoms with Crippen molar-refractivity contribution in [1.29, 1.82) is 0 Å². The van der Waals surface area contributed by atoms with Crippen molar-refractivity contribution < 1.29 is 14.1 Å². The number of nitro benzene ring substituents is 1. The molecule has 0 atom stereocenters. The predicted octanol–water partition coefficient (Wildman–Crippen LogP) is 5.19. The number of amides is 1. The third kappa shape index (κ3) is 4.58. The zero-order valence-corrected chi connectivity index (χ0v) is 15.2. The molecule has 3 rings (SSSR count). The third-order valence-electron chi connectivity index (χ3n) is 3.73. The zero-order valence-electron chi connectivity index (χ0n) is 13.6. The van der Waals surface area contributed by atoms with E-state index in [0.29, 0.717) is 17.9 Å². The Hall–Kier alpha value is -2.93. The van der Waals surface area contributed by atoms with E-state index in [1.165, 1.54) is 18.2 Å². The summed E-state index contributed by atoms with van der Waals surface area (Å²) < 4.78 is 6.77. The molecule has 0 spiro atoms. The fraction of sp³-hybridized carbons (Fsp3) is 0.105. The summed E-state index contributed by atoms with van der Waals surface area (Å²) >= 11 is 3.39. The Balaban J connectivity index is 1.57. The van der Waals surface area contributed by atoms with Gasteiger partial charge in [-0.05, 0) is 30.3 Å². The summed E-state index contributed by atoms with van der Waals surface area (Å²) in [5, 5.41) is 13.4. The number of hydrogen-bond acceptors (Lipinski definition) is 4. The normalized spacial score (nSPS) is 10.5. The van der Waals surface area contributed by atoms with E-state index < -0.39 is 4.92 Å². The van der Waals surface area contributed by atoms with Crippen LogP contribution in [-0.4, -0.2) is 10.8 Å². The van der Waals surface area contributed by atoms with Gasteiger partial charge in [0.15, 0.2) is 0 Å². The van der Waals surface area contributed by atoms with E-state index in [2.05, 4.69) is 21.2 Å². The molecule has 132 valence electrons. The Morgan fingerprint density at radius 3 is 2.62 bits per heavy atom. The van der Waals surface area contributed by atoms with E-state index in [9.17, 15) is 14.9 Å². The molecule has 26 heavy (non-hydrogen) atoms. The van der Waals surface area contributed by atoms with Gasteiger partial charge in [0.1, 0.15) is 11.5 Å². The van der Waals surface area contributed by atoms with Crippen LogP contribution in [0.25, 0.3) is 11.3 Å². The fourth-order valence-electron chi connectivity index (χ4n) is 2.44. The monoisotopic (exact) mass is 414 g/mol. The van der Waals surface area contributed by atoms with E-state index in [0.717, 1.165) is 15.8 Å². The molecule has 1 amide bonds. The lowest BCUT2D eigenvalue weighted by molar-refractivity contribution is -0.384. The minimum atomic E-state index is -0.498. The van der Waals surface area contributed by atoms with Crippen molar-refractivity contribution in [2.24, 2.45) is 0 Å². The lowest BCUT2D eigenvalue weighted by atomic mass is 10.2. The van der Waals surface area contributed by atoms with Crippen LogP contribution >= 0.6 is 15.9 Å². The number of non-ortho nitro benzene ring substituents is 1. The van der Waals surface area contributed by atoms with Gasteiger partial charge in [-0.3, -0.25) is 14.9 Å². The van der Waals surface area contributed by atoms with Crippen molar-refractivity contribution in [2.75, 3.05) is 5.32 Å². The molecular formula is C19H15BrN2O4. The fourth-order valence-corrected chi connectivity index (χ4v) is 2.70. The van der Waals surface area contributed by atoms with Crippen LogP contribution in [0, 0.1) is 10.1 Å². The maximum Gasteiger partial charge on any atom is 0.271 e. The van der Waals surface area contributed by atoms with E-state index in [4.69, 9.17) is 4.42 Å². The molecule has 1 heterocycles. The molecule has 0 saturated heterocycles. The van der Waals surface area contributed by atoms with Gasteiger partial charge < -0.3 is 9.73 Å². The average molecular weight is 415 g/mol. The van der Waals surface area contributed by atoms with Gasteiger partial charge >= 0.3 is 0 Å². The van der Waals surface area contributed by atoms with E-state index in [1.54, 1.807) is 6.07 Å². The molecule has 1 N–H and O–H groups in total. The van der Waals surface area contributed by atoms with Gasteiger partial charge in [0.2, 0.25) is 5.91 Å². The molecule has 7 heteroatoms. The highest BCUT2D eigenvalue weighted by Gasteiger charge is 2.10. The number of nitrogens with zero attached hydrogens (tertiary/aromatic N) is 1. The number of aryl methyl sites for hydroxylation is 1. The van der Waals surface area contributed by atoms with Crippen LogP contribution in [0.3, 0.4) is 0 Å². The molecule has 2 aromatic carbocycles. The molecule has 1 aromatic heterocycles. The first kappa shape index (κ1) is 17.9. The third-order valence-corrected chi connectivity index (χ3v) is 4.26. The van der Waals surface area contributed by atoms with E-state index in [1.807, 2.05) is 36.4 Å². The Morgan fingerprint density at radius 1 is 1.12 bits per heavy atom.